The molecule has 2 aromatic rings. The number of hydrogen-bond acceptors (Lipinski definition) is 7. The lowest BCUT2D eigenvalue weighted by Crippen LogP contribution is -2.42. The molecule has 4 heterocycles. The fourth-order valence-corrected chi connectivity index (χ4v) is 4.19. The Bertz CT molecular complexity index is 720. The zero-order chi connectivity index (χ0) is 18.0. The molecule has 1 spiro atoms. The first-order valence-electron chi connectivity index (χ1n) is 8.94. The van der Waals surface area contributed by atoms with Crippen molar-refractivity contribution in [1.82, 2.24) is 19.9 Å². The van der Waals surface area contributed by atoms with E-state index in [2.05, 4.69) is 29.7 Å². The van der Waals surface area contributed by atoms with Crippen LogP contribution in [0, 0.1) is 11.2 Å². The third-order valence-corrected chi connectivity index (χ3v) is 5.50. The lowest BCUT2D eigenvalue weighted by atomic mass is 9.76. The van der Waals surface area contributed by atoms with Gasteiger partial charge in [-0.1, -0.05) is 0 Å². The van der Waals surface area contributed by atoms with Gasteiger partial charge < -0.3 is 14.5 Å². The molecular weight excluding hydrogens is 335 g/mol. The summed E-state index contributed by atoms with van der Waals surface area (Å²) >= 11 is 0. The van der Waals surface area contributed by atoms with Crippen LogP contribution in [0.5, 0.6) is 0 Å². The summed E-state index contributed by atoms with van der Waals surface area (Å²) in [6.07, 6.45) is 9.17. The molecule has 0 amide bonds. The number of methoxy groups -OCH3 is 1. The van der Waals surface area contributed by atoms with E-state index < -0.39 is 5.82 Å². The predicted molar refractivity (Wildman–Crippen MR) is 95.5 cm³/mol. The first-order valence-corrected chi connectivity index (χ1v) is 8.94. The Kier molecular flexibility index (Phi) is 4.67. The number of aromatic nitrogens is 4. The van der Waals surface area contributed by atoms with Gasteiger partial charge in [-0.2, -0.15) is 0 Å². The molecular formula is C18H23FN6O. The van der Waals surface area contributed by atoms with Gasteiger partial charge in [-0.05, 0) is 30.7 Å². The lowest BCUT2D eigenvalue weighted by Gasteiger charge is -2.39. The highest BCUT2D eigenvalue weighted by Crippen LogP contribution is 2.44. The zero-order valence-corrected chi connectivity index (χ0v) is 14.9. The van der Waals surface area contributed by atoms with Crippen LogP contribution in [0.15, 0.2) is 30.9 Å². The number of rotatable bonds is 4. The SMILES string of the molecule is COC[C@@H]1CC2(CCN(c3ncc(F)cn3)CC2)CN1c1ncccn1. The van der Waals surface area contributed by atoms with Gasteiger partial charge in [-0.3, -0.25) is 0 Å². The van der Waals surface area contributed by atoms with Crippen molar-refractivity contribution in [3.8, 4) is 0 Å². The Hall–Kier alpha value is -2.35. The van der Waals surface area contributed by atoms with Gasteiger partial charge in [0.15, 0.2) is 5.82 Å². The van der Waals surface area contributed by atoms with Crippen LogP contribution in [0.4, 0.5) is 16.3 Å². The standard InChI is InChI=1S/C18H23FN6O/c1-26-12-15-9-18(13-25(15)17-20-5-2-6-21-17)3-7-24(8-4-18)16-22-10-14(19)11-23-16/h2,5-6,10-11,15H,3-4,7-9,12-13H2,1H3/t15-/m0/s1. The summed E-state index contributed by atoms with van der Waals surface area (Å²) in [5.74, 6) is 0.977. The van der Waals surface area contributed by atoms with Crippen LogP contribution < -0.4 is 9.80 Å². The number of nitrogens with zero attached hydrogens (tertiary/aromatic N) is 6. The fraction of sp³-hybridized carbons (Fsp3) is 0.556. The van der Waals surface area contributed by atoms with E-state index >= 15 is 0 Å². The van der Waals surface area contributed by atoms with Crippen molar-refractivity contribution in [3.05, 3.63) is 36.7 Å². The molecule has 2 aliphatic rings. The average molecular weight is 358 g/mol. The number of anilines is 2. The highest BCUT2D eigenvalue weighted by Gasteiger charge is 2.46. The minimum atomic E-state index is -0.404. The maximum atomic E-state index is 13.0. The zero-order valence-electron chi connectivity index (χ0n) is 14.9. The van der Waals surface area contributed by atoms with E-state index in [4.69, 9.17) is 4.74 Å². The van der Waals surface area contributed by atoms with Crippen molar-refractivity contribution in [2.24, 2.45) is 5.41 Å². The molecule has 0 bridgehead atoms. The van der Waals surface area contributed by atoms with Crippen molar-refractivity contribution in [3.63, 3.8) is 0 Å². The molecule has 1 atom stereocenters. The summed E-state index contributed by atoms with van der Waals surface area (Å²) in [6.45, 7) is 3.34. The maximum absolute atomic E-state index is 13.0. The molecule has 2 fully saturated rings. The van der Waals surface area contributed by atoms with Crippen LogP contribution in [0.3, 0.4) is 0 Å². The van der Waals surface area contributed by atoms with Gasteiger partial charge in [0.1, 0.15) is 0 Å². The molecule has 0 saturated carbocycles. The van der Waals surface area contributed by atoms with Crippen molar-refractivity contribution in [1.29, 1.82) is 0 Å². The molecule has 8 heteroatoms. The second-order valence-corrected chi connectivity index (χ2v) is 7.18. The maximum Gasteiger partial charge on any atom is 0.225 e. The number of piperidine rings is 1. The smallest absolute Gasteiger partial charge is 0.225 e. The molecule has 0 aliphatic carbocycles. The van der Waals surface area contributed by atoms with Crippen molar-refractivity contribution in [2.45, 2.75) is 25.3 Å². The molecule has 0 N–H and O–H groups in total. The molecule has 0 aromatic carbocycles. The van der Waals surface area contributed by atoms with E-state index in [1.54, 1.807) is 19.5 Å². The molecule has 7 nitrogen and oxygen atoms in total. The highest BCUT2D eigenvalue weighted by atomic mass is 19.1. The summed E-state index contributed by atoms with van der Waals surface area (Å²) in [5, 5.41) is 0. The number of hydrogen-bond donors (Lipinski definition) is 0. The first-order chi connectivity index (χ1) is 12.7. The number of ether oxygens (including phenoxy) is 1. The van der Waals surface area contributed by atoms with Crippen molar-refractivity contribution < 1.29 is 9.13 Å². The van der Waals surface area contributed by atoms with Crippen LogP contribution in [0.25, 0.3) is 0 Å². The Labute approximate surface area is 152 Å². The first kappa shape index (κ1) is 17.1. The van der Waals surface area contributed by atoms with E-state index in [9.17, 15) is 4.39 Å². The molecule has 26 heavy (non-hydrogen) atoms. The molecule has 138 valence electrons. The minimum absolute atomic E-state index is 0.221. The van der Waals surface area contributed by atoms with E-state index in [1.165, 1.54) is 12.4 Å². The van der Waals surface area contributed by atoms with Crippen molar-refractivity contribution in [2.75, 3.05) is 43.2 Å². The molecule has 2 saturated heterocycles. The Morgan fingerprint density at radius 1 is 1.12 bits per heavy atom. The second kappa shape index (κ2) is 7.11. The monoisotopic (exact) mass is 358 g/mol. The normalized spacial score (nSPS) is 22.2. The molecule has 2 aliphatic heterocycles. The van der Waals surface area contributed by atoms with E-state index in [0.29, 0.717) is 12.6 Å². The van der Waals surface area contributed by atoms with Gasteiger partial charge in [0.2, 0.25) is 11.9 Å². The second-order valence-electron chi connectivity index (χ2n) is 7.18. The topological polar surface area (TPSA) is 67.3 Å². The predicted octanol–water partition coefficient (Wildman–Crippen LogP) is 1.92. The van der Waals surface area contributed by atoms with Gasteiger partial charge in [-0.15, -0.1) is 0 Å². The lowest BCUT2D eigenvalue weighted by molar-refractivity contribution is 0.166. The molecule has 0 radical (unpaired) electrons. The fourth-order valence-electron chi connectivity index (χ4n) is 4.19. The Balaban J connectivity index is 1.47. The summed E-state index contributed by atoms with van der Waals surface area (Å²) in [6, 6.07) is 2.12. The van der Waals surface area contributed by atoms with Crippen LogP contribution in [-0.2, 0) is 4.74 Å². The van der Waals surface area contributed by atoms with Crippen LogP contribution >= 0.6 is 0 Å². The van der Waals surface area contributed by atoms with Gasteiger partial charge in [0, 0.05) is 39.1 Å². The highest BCUT2D eigenvalue weighted by molar-refractivity contribution is 5.36. The van der Waals surface area contributed by atoms with E-state index in [-0.39, 0.29) is 11.5 Å². The summed E-state index contributed by atoms with van der Waals surface area (Å²) in [5.41, 5.74) is 0.221. The van der Waals surface area contributed by atoms with Crippen LogP contribution in [0.2, 0.25) is 0 Å². The minimum Gasteiger partial charge on any atom is -0.383 e. The quantitative estimate of drug-likeness (QED) is 0.827. The Morgan fingerprint density at radius 3 is 2.46 bits per heavy atom. The summed E-state index contributed by atoms with van der Waals surface area (Å²) in [4.78, 5) is 21.5. The Morgan fingerprint density at radius 2 is 1.81 bits per heavy atom. The van der Waals surface area contributed by atoms with Crippen LogP contribution in [-0.4, -0.2) is 59.3 Å². The summed E-state index contributed by atoms with van der Waals surface area (Å²) < 4.78 is 18.5. The molecule has 4 rings (SSSR count). The third-order valence-electron chi connectivity index (χ3n) is 5.50. The van der Waals surface area contributed by atoms with Crippen molar-refractivity contribution >= 4 is 11.9 Å². The third kappa shape index (κ3) is 3.33. The van der Waals surface area contributed by atoms with Gasteiger partial charge in [0.25, 0.3) is 0 Å². The average Bonchev–Trinajstić information content (AvgIpc) is 3.02. The molecule has 0 unspecified atom stereocenters. The number of halogens is 1. The largest absolute Gasteiger partial charge is 0.383 e. The molecule has 2 aromatic heterocycles. The van der Waals surface area contributed by atoms with Gasteiger partial charge in [-0.25, -0.2) is 24.3 Å². The van der Waals surface area contributed by atoms with E-state index in [0.717, 1.165) is 44.8 Å². The van der Waals surface area contributed by atoms with Crippen LogP contribution in [0.1, 0.15) is 19.3 Å². The summed E-state index contributed by atoms with van der Waals surface area (Å²) in [7, 11) is 1.74. The van der Waals surface area contributed by atoms with Gasteiger partial charge in [0.05, 0.1) is 25.0 Å². The van der Waals surface area contributed by atoms with Gasteiger partial charge >= 0.3 is 0 Å². The van der Waals surface area contributed by atoms with E-state index in [1.807, 2.05) is 6.07 Å².